The van der Waals surface area contributed by atoms with E-state index < -0.39 is 0 Å². The molecule has 68 valence electrons. The van der Waals surface area contributed by atoms with Gasteiger partial charge in [0, 0.05) is 18.6 Å². The number of nitrogens with zero attached hydrogens (tertiary/aromatic N) is 1. The molecule has 1 unspecified atom stereocenters. The molecule has 3 nitrogen and oxygen atoms in total. The van der Waals surface area contributed by atoms with Gasteiger partial charge in [-0.3, -0.25) is 0 Å². The molecular formula is C8H20N2O. The van der Waals surface area contributed by atoms with Crippen LogP contribution in [0.2, 0.25) is 0 Å². The number of aliphatic hydroxyl groups excluding tert-OH is 1. The molecule has 0 aromatic heterocycles. The van der Waals surface area contributed by atoms with Gasteiger partial charge in [0.1, 0.15) is 0 Å². The number of likely N-dealkylation sites (N-methyl/N-ethyl adjacent to an activating group) is 1. The molecule has 1 atom stereocenters. The molecule has 0 saturated carbocycles. The first-order valence-corrected chi connectivity index (χ1v) is 3.97. The van der Waals surface area contributed by atoms with Crippen molar-refractivity contribution in [3.63, 3.8) is 0 Å². The second-order valence-electron chi connectivity index (χ2n) is 4.03. The summed E-state index contributed by atoms with van der Waals surface area (Å²) in [5.41, 5.74) is 5.61. The van der Waals surface area contributed by atoms with Gasteiger partial charge in [-0.05, 0) is 27.8 Å². The van der Waals surface area contributed by atoms with E-state index in [0.717, 1.165) is 6.54 Å². The Kier molecular flexibility index (Phi) is 4.00. The zero-order chi connectivity index (χ0) is 9.07. The first kappa shape index (κ1) is 10.9. The van der Waals surface area contributed by atoms with Gasteiger partial charge in [0.05, 0.1) is 6.10 Å². The Hall–Kier alpha value is -0.120. The van der Waals surface area contributed by atoms with E-state index in [2.05, 4.69) is 0 Å². The van der Waals surface area contributed by atoms with Crippen LogP contribution in [0.15, 0.2) is 0 Å². The number of rotatable bonds is 4. The summed E-state index contributed by atoms with van der Waals surface area (Å²) in [6.45, 7) is 7.22. The first-order valence-electron chi connectivity index (χ1n) is 3.97. The van der Waals surface area contributed by atoms with Crippen LogP contribution in [-0.4, -0.2) is 41.8 Å². The topological polar surface area (TPSA) is 49.5 Å². The molecule has 0 amide bonds. The van der Waals surface area contributed by atoms with Crippen LogP contribution in [0.25, 0.3) is 0 Å². The van der Waals surface area contributed by atoms with Crippen LogP contribution >= 0.6 is 0 Å². The highest BCUT2D eigenvalue weighted by Gasteiger charge is 2.14. The normalized spacial score (nSPS) is 15.5. The van der Waals surface area contributed by atoms with Crippen LogP contribution in [0.1, 0.15) is 20.8 Å². The maximum atomic E-state index is 9.04. The van der Waals surface area contributed by atoms with E-state index in [-0.39, 0.29) is 11.6 Å². The van der Waals surface area contributed by atoms with Gasteiger partial charge in [-0.2, -0.15) is 0 Å². The van der Waals surface area contributed by atoms with Gasteiger partial charge in [0.2, 0.25) is 0 Å². The summed E-state index contributed by atoms with van der Waals surface area (Å²) in [4.78, 5) is 2.03. The van der Waals surface area contributed by atoms with Crippen molar-refractivity contribution in [3.05, 3.63) is 0 Å². The van der Waals surface area contributed by atoms with Crippen LogP contribution in [-0.2, 0) is 0 Å². The van der Waals surface area contributed by atoms with Crippen molar-refractivity contribution < 1.29 is 5.11 Å². The summed E-state index contributed by atoms with van der Waals surface area (Å²) in [5, 5.41) is 9.04. The summed E-state index contributed by atoms with van der Waals surface area (Å²) in [5.74, 6) is 0. The minimum absolute atomic E-state index is 0.177. The Morgan fingerprint density at radius 3 is 2.27 bits per heavy atom. The molecule has 0 rings (SSSR count). The SMILES string of the molecule is CC(O)CN(C)CC(C)(C)N. The van der Waals surface area contributed by atoms with Crippen LogP contribution in [0, 0.1) is 0 Å². The third-order valence-corrected chi connectivity index (χ3v) is 1.25. The van der Waals surface area contributed by atoms with Gasteiger partial charge < -0.3 is 15.7 Å². The van der Waals surface area contributed by atoms with Crippen LogP contribution < -0.4 is 5.73 Å². The van der Waals surface area contributed by atoms with E-state index in [9.17, 15) is 0 Å². The largest absolute Gasteiger partial charge is 0.392 e. The molecule has 3 N–H and O–H groups in total. The van der Waals surface area contributed by atoms with E-state index in [4.69, 9.17) is 10.8 Å². The number of aliphatic hydroxyl groups is 1. The molecule has 0 fully saturated rings. The predicted octanol–water partition coefficient (Wildman–Crippen LogP) is 0.0363. The van der Waals surface area contributed by atoms with Crippen molar-refractivity contribution in [3.8, 4) is 0 Å². The Balaban J connectivity index is 3.61. The maximum absolute atomic E-state index is 9.04. The first-order chi connectivity index (χ1) is 4.81. The van der Waals surface area contributed by atoms with Crippen molar-refractivity contribution in [2.45, 2.75) is 32.4 Å². The number of hydrogen-bond acceptors (Lipinski definition) is 3. The molecule has 0 aliphatic rings. The summed E-state index contributed by atoms with van der Waals surface area (Å²) in [6.07, 6.45) is -0.276. The van der Waals surface area contributed by atoms with Gasteiger partial charge >= 0.3 is 0 Å². The number of nitrogens with two attached hydrogens (primary N) is 1. The fourth-order valence-corrected chi connectivity index (χ4v) is 1.21. The van der Waals surface area contributed by atoms with E-state index in [1.54, 1.807) is 6.92 Å². The zero-order valence-electron chi connectivity index (χ0n) is 7.96. The minimum Gasteiger partial charge on any atom is -0.392 e. The summed E-state index contributed by atoms with van der Waals surface area (Å²) >= 11 is 0. The zero-order valence-corrected chi connectivity index (χ0v) is 7.96. The highest BCUT2D eigenvalue weighted by atomic mass is 16.3. The van der Waals surface area contributed by atoms with Gasteiger partial charge in [-0.1, -0.05) is 0 Å². The lowest BCUT2D eigenvalue weighted by molar-refractivity contribution is 0.131. The van der Waals surface area contributed by atoms with Crippen molar-refractivity contribution in [2.75, 3.05) is 20.1 Å². The van der Waals surface area contributed by atoms with Crippen molar-refractivity contribution in [2.24, 2.45) is 5.73 Å². The Labute approximate surface area is 69.2 Å². The fraction of sp³-hybridized carbons (Fsp3) is 1.00. The fourth-order valence-electron chi connectivity index (χ4n) is 1.21. The third kappa shape index (κ3) is 7.78. The van der Waals surface area contributed by atoms with E-state index in [0.29, 0.717) is 6.54 Å². The van der Waals surface area contributed by atoms with E-state index in [1.165, 1.54) is 0 Å². The molecule has 0 spiro atoms. The predicted molar refractivity (Wildman–Crippen MR) is 47.4 cm³/mol. The van der Waals surface area contributed by atoms with Gasteiger partial charge in [-0.25, -0.2) is 0 Å². The molecule has 0 aromatic rings. The second-order valence-corrected chi connectivity index (χ2v) is 4.03. The Morgan fingerprint density at radius 2 is 2.00 bits per heavy atom. The van der Waals surface area contributed by atoms with E-state index in [1.807, 2.05) is 25.8 Å². The monoisotopic (exact) mass is 160 g/mol. The lowest BCUT2D eigenvalue weighted by Gasteiger charge is -2.27. The minimum atomic E-state index is -0.276. The van der Waals surface area contributed by atoms with Gasteiger partial charge in [-0.15, -0.1) is 0 Å². The van der Waals surface area contributed by atoms with Crippen LogP contribution in [0.4, 0.5) is 0 Å². The smallest absolute Gasteiger partial charge is 0.0638 e. The van der Waals surface area contributed by atoms with Gasteiger partial charge in [0.25, 0.3) is 0 Å². The molecule has 0 bridgehead atoms. The molecule has 0 aromatic carbocycles. The van der Waals surface area contributed by atoms with Crippen LogP contribution in [0.3, 0.4) is 0 Å². The molecular weight excluding hydrogens is 140 g/mol. The molecule has 0 heterocycles. The van der Waals surface area contributed by atoms with Crippen LogP contribution in [0.5, 0.6) is 0 Å². The lowest BCUT2D eigenvalue weighted by atomic mass is 10.1. The highest BCUT2D eigenvalue weighted by molar-refractivity contribution is 4.76. The molecule has 0 aliphatic carbocycles. The second kappa shape index (κ2) is 4.04. The summed E-state index contributed by atoms with van der Waals surface area (Å²) < 4.78 is 0. The standard InChI is InChI=1S/C8H20N2O/c1-7(11)5-10(4)6-8(2,3)9/h7,11H,5-6,9H2,1-4H3. The third-order valence-electron chi connectivity index (χ3n) is 1.25. The lowest BCUT2D eigenvalue weighted by Crippen LogP contribution is -2.45. The maximum Gasteiger partial charge on any atom is 0.0638 e. The van der Waals surface area contributed by atoms with Crippen molar-refractivity contribution in [1.29, 1.82) is 0 Å². The molecule has 0 saturated heterocycles. The molecule has 0 radical (unpaired) electrons. The Bertz CT molecular complexity index is 107. The average Bonchev–Trinajstić information content (AvgIpc) is 1.53. The average molecular weight is 160 g/mol. The molecule has 11 heavy (non-hydrogen) atoms. The number of hydrogen-bond donors (Lipinski definition) is 2. The highest BCUT2D eigenvalue weighted by Crippen LogP contribution is 1.99. The van der Waals surface area contributed by atoms with E-state index >= 15 is 0 Å². The molecule has 0 aliphatic heterocycles. The summed E-state index contributed by atoms with van der Waals surface area (Å²) in [7, 11) is 1.96. The quantitative estimate of drug-likeness (QED) is 0.610. The molecule has 3 heteroatoms. The van der Waals surface area contributed by atoms with Crippen molar-refractivity contribution in [1.82, 2.24) is 4.90 Å². The Morgan fingerprint density at radius 1 is 1.55 bits per heavy atom. The van der Waals surface area contributed by atoms with Gasteiger partial charge in [0.15, 0.2) is 0 Å². The summed E-state index contributed by atoms with van der Waals surface area (Å²) in [6, 6.07) is 0. The van der Waals surface area contributed by atoms with Crippen molar-refractivity contribution >= 4 is 0 Å².